The Labute approximate surface area is 119 Å². The molecule has 5 nitrogen and oxygen atoms in total. The second kappa shape index (κ2) is 5.61. The summed E-state index contributed by atoms with van der Waals surface area (Å²) < 4.78 is 0.695. The topological polar surface area (TPSA) is 77.8 Å². The lowest BCUT2D eigenvalue weighted by atomic mass is 9.97. The van der Waals surface area contributed by atoms with Gasteiger partial charge in [-0.05, 0) is 31.0 Å². The molecule has 0 spiro atoms. The van der Waals surface area contributed by atoms with Gasteiger partial charge in [0.2, 0.25) is 0 Å². The molecule has 0 bridgehead atoms. The number of likely N-dealkylation sites (tertiary alicyclic amines) is 1. The minimum atomic E-state index is -0.879. The number of hydrogen-bond acceptors (Lipinski definition) is 3. The predicted octanol–water partition coefficient (Wildman–Crippen LogP) is 2.09. The minimum Gasteiger partial charge on any atom is -0.507 e. The van der Waals surface area contributed by atoms with Crippen LogP contribution in [0.4, 0.5) is 0 Å². The predicted molar refractivity (Wildman–Crippen MR) is 72.1 cm³/mol. The highest BCUT2D eigenvalue weighted by Crippen LogP contribution is 2.25. The Morgan fingerprint density at radius 3 is 2.79 bits per heavy atom. The van der Waals surface area contributed by atoms with E-state index in [0.29, 0.717) is 23.9 Å². The molecule has 1 atom stereocenters. The molecule has 0 unspecified atom stereocenters. The Hall–Kier alpha value is -1.56. The maximum atomic E-state index is 12.3. The molecule has 0 radical (unpaired) electrons. The number of halogens is 1. The summed E-state index contributed by atoms with van der Waals surface area (Å²) >= 11 is 3.25. The fourth-order valence-electron chi connectivity index (χ4n) is 2.21. The third-order valence-corrected chi connectivity index (χ3v) is 3.74. The molecular weight excluding hydrogens is 314 g/mol. The number of aromatic hydroxyl groups is 1. The van der Waals surface area contributed by atoms with E-state index in [9.17, 15) is 14.7 Å². The Morgan fingerprint density at radius 2 is 2.11 bits per heavy atom. The Kier molecular flexibility index (Phi) is 4.09. The summed E-state index contributed by atoms with van der Waals surface area (Å²) in [6.07, 6.45) is 1.25. The largest absolute Gasteiger partial charge is 0.507 e. The van der Waals surface area contributed by atoms with Crippen LogP contribution in [-0.4, -0.2) is 40.1 Å². The van der Waals surface area contributed by atoms with Gasteiger partial charge in [0.1, 0.15) is 5.75 Å². The van der Waals surface area contributed by atoms with Gasteiger partial charge in [0.15, 0.2) is 0 Å². The minimum absolute atomic E-state index is 0.0920. The molecule has 1 aliphatic heterocycles. The molecule has 1 aromatic carbocycles. The van der Waals surface area contributed by atoms with Gasteiger partial charge >= 0.3 is 5.97 Å². The van der Waals surface area contributed by atoms with E-state index >= 15 is 0 Å². The smallest absolute Gasteiger partial charge is 0.308 e. The number of aliphatic carboxylic acids is 1. The third-order valence-electron chi connectivity index (χ3n) is 3.25. The van der Waals surface area contributed by atoms with Crippen molar-refractivity contribution in [1.82, 2.24) is 4.90 Å². The average Bonchev–Trinajstić information content (AvgIpc) is 2.41. The number of phenolic OH excluding ortho intramolecular Hbond substituents is 1. The second-order valence-corrected chi connectivity index (χ2v) is 5.51. The molecule has 1 fully saturated rings. The van der Waals surface area contributed by atoms with E-state index in [2.05, 4.69) is 15.9 Å². The molecule has 1 saturated heterocycles. The van der Waals surface area contributed by atoms with Gasteiger partial charge in [-0.15, -0.1) is 0 Å². The number of hydrogen-bond donors (Lipinski definition) is 2. The zero-order valence-corrected chi connectivity index (χ0v) is 11.8. The molecule has 19 heavy (non-hydrogen) atoms. The van der Waals surface area contributed by atoms with Crippen molar-refractivity contribution in [3.05, 3.63) is 28.2 Å². The quantitative estimate of drug-likeness (QED) is 0.871. The zero-order chi connectivity index (χ0) is 14.0. The molecule has 1 aliphatic rings. The number of nitrogens with zero attached hydrogens (tertiary/aromatic N) is 1. The highest BCUT2D eigenvalue weighted by molar-refractivity contribution is 9.10. The molecule has 1 heterocycles. The van der Waals surface area contributed by atoms with Crippen LogP contribution in [0.5, 0.6) is 5.75 Å². The van der Waals surface area contributed by atoms with E-state index in [1.165, 1.54) is 11.0 Å². The summed E-state index contributed by atoms with van der Waals surface area (Å²) in [5, 5.41) is 18.7. The average molecular weight is 328 g/mol. The Balaban J connectivity index is 2.19. The highest BCUT2D eigenvalue weighted by Gasteiger charge is 2.29. The molecule has 6 heteroatoms. The lowest BCUT2D eigenvalue weighted by Crippen LogP contribution is -2.42. The van der Waals surface area contributed by atoms with Gasteiger partial charge in [-0.3, -0.25) is 9.59 Å². The van der Waals surface area contributed by atoms with Crippen LogP contribution in [0, 0.1) is 5.92 Å². The summed E-state index contributed by atoms with van der Waals surface area (Å²) in [5.74, 6) is -1.82. The van der Waals surface area contributed by atoms with Gasteiger partial charge in [-0.1, -0.05) is 15.9 Å². The number of carboxylic acid groups (broad SMARTS) is 1. The van der Waals surface area contributed by atoms with Crippen LogP contribution in [-0.2, 0) is 4.79 Å². The number of carbonyl (C=O) groups excluding carboxylic acids is 1. The van der Waals surface area contributed by atoms with Gasteiger partial charge < -0.3 is 15.1 Å². The van der Waals surface area contributed by atoms with E-state index in [0.717, 1.165) is 0 Å². The van der Waals surface area contributed by atoms with Gasteiger partial charge in [0.25, 0.3) is 5.91 Å². The Bertz CT molecular complexity index is 517. The van der Waals surface area contributed by atoms with Crippen LogP contribution in [0.1, 0.15) is 23.2 Å². The maximum absolute atomic E-state index is 12.3. The monoisotopic (exact) mass is 327 g/mol. The number of phenols is 1. The first-order valence-corrected chi connectivity index (χ1v) is 6.79. The van der Waals surface area contributed by atoms with E-state index in [1.807, 2.05) is 0 Å². The number of carbonyl (C=O) groups is 2. The number of piperidine rings is 1. The van der Waals surface area contributed by atoms with Crippen molar-refractivity contribution >= 4 is 27.8 Å². The summed E-state index contributed by atoms with van der Waals surface area (Å²) in [4.78, 5) is 24.8. The number of carboxylic acids is 1. The summed E-state index contributed by atoms with van der Waals surface area (Å²) in [5.41, 5.74) is 0.195. The van der Waals surface area contributed by atoms with Crippen molar-refractivity contribution in [3.63, 3.8) is 0 Å². The molecule has 1 aromatic rings. The number of rotatable bonds is 2. The molecule has 1 amide bonds. The van der Waals surface area contributed by atoms with E-state index in [1.54, 1.807) is 12.1 Å². The first-order chi connectivity index (χ1) is 8.99. The van der Waals surface area contributed by atoms with Crippen LogP contribution in [0.3, 0.4) is 0 Å². The first-order valence-electron chi connectivity index (χ1n) is 5.99. The SMILES string of the molecule is O=C(O)[C@@H]1CCCN(C(=O)c2cc(Br)ccc2O)C1. The van der Waals surface area contributed by atoms with Crippen molar-refractivity contribution in [2.24, 2.45) is 5.92 Å². The van der Waals surface area contributed by atoms with E-state index < -0.39 is 11.9 Å². The third kappa shape index (κ3) is 3.07. The van der Waals surface area contributed by atoms with Gasteiger partial charge in [0.05, 0.1) is 11.5 Å². The lowest BCUT2D eigenvalue weighted by molar-refractivity contribution is -0.143. The fourth-order valence-corrected chi connectivity index (χ4v) is 2.57. The van der Waals surface area contributed by atoms with E-state index in [4.69, 9.17) is 5.11 Å². The van der Waals surface area contributed by atoms with Crippen LogP contribution >= 0.6 is 15.9 Å². The van der Waals surface area contributed by atoms with Crippen LogP contribution in [0.15, 0.2) is 22.7 Å². The molecule has 102 valence electrons. The van der Waals surface area contributed by atoms with Crippen molar-refractivity contribution < 1.29 is 19.8 Å². The molecule has 2 N–H and O–H groups in total. The molecule has 0 aromatic heterocycles. The first kappa shape index (κ1) is 13.9. The van der Waals surface area contributed by atoms with Crippen LogP contribution in [0.25, 0.3) is 0 Å². The van der Waals surface area contributed by atoms with Crippen LogP contribution in [0.2, 0.25) is 0 Å². The summed E-state index contributed by atoms with van der Waals surface area (Å²) in [7, 11) is 0. The normalized spacial score (nSPS) is 19.2. The summed E-state index contributed by atoms with van der Waals surface area (Å²) in [6.45, 7) is 0.717. The van der Waals surface area contributed by atoms with E-state index in [-0.39, 0.29) is 23.8 Å². The molecule has 2 rings (SSSR count). The van der Waals surface area contributed by atoms with Crippen molar-refractivity contribution in [3.8, 4) is 5.75 Å². The maximum Gasteiger partial charge on any atom is 0.308 e. The van der Waals surface area contributed by atoms with Crippen LogP contribution < -0.4 is 0 Å². The Morgan fingerprint density at radius 1 is 1.37 bits per heavy atom. The number of benzene rings is 1. The van der Waals surface area contributed by atoms with Gasteiger partial charge in [-0.2, -0.15) is 0 Å². The highest BCUT2D eigenvalue weighted by atomic mass is 79.9. The standard InChI is InChI=1S/C13H14BrNO4/c14-9-3-4-11(16)10(6-9)12(17)15-5-1-2-8(7-15)13(18)19/h3-4,6,8,16H,1-2,5,7H2,(H,18,19)/t8-/m1/s1. The lowest BCUT2D eigenvalue weighted by Gasteiger charge is -2.30. The molecule has 0 aliphatic carbocycles. The van der Waals surface area contributed by atoms with Gasteiger partial charge in [0, 0.05) is 17.6 Å². The molecule has 0 saturated carbocycles. The van der Waals surface area contributed by atoms with Crippen molar-refractivity contribution in [1.29, 1.82) is 0 Å². The summed E-state index contributed by atoms with van der Waals surface area (Å²) in [6, 6.07) is 4.63. The zero-order valence-electron chi connectivity index (χ0n) is 10.2. The molecular formula is C13H14BrNO4. The second-order valence-electron chi connectivity index (χ2n) is 4.59. The fraction of sp³-hybridized carbons (Fsp3) is 0.385. The number of amides is 1. The van der Waals surface area contributed by atoms with Crippen molar-refractivity contribution in [2.75, 3.05) is 13.1 Å². The van der Waals surface area contributed by atoms with Gasteiger partial charge in [-0.25, -0.2) is 0 Å². The van der Waals surface area contributed by atoms with Crippen molar-refractivity contribution in [2.45, 2.75) is 12.8 Å².